The molecule has 2 aromatic carbocycles. The third-order valence-corrected chi connectivity index (χ3v) is 7.33. The number of anilines is 1. The molecule has 2 aliphatic heterocycles. The van der Waals surface area contributed by atoms with Gasteiger partial charge in [0, 0.05) is 36.3 Å². The van der Waals surface area contributed by atoms with E-state index >= 15 is 0 Å². The molecule has 11 heteroatoms. The second kappa shape index (κ2) is 12.2. The summed E-state index contributed by atoms with van der Waals surface area (Å²) in [7, 11) is 0. The molecule has 0 spiro atoms. The summed E-state index contributed by atoms with van der Waals surface area (Å²) in [5.41, 5.74) is 1.42. The highest BCUT2D eigenvalue weighted by molar-refractivity contribution is 6.11. The molecule has 2 fully saturated rings. The monoisotopic (exact) mass is 559 g/mol. The number of carboxylic acids is 1. The second-order valence-electron chi connectivity index (χ2n) is 10.4. The highest BCUT2D eigenvalue weighted by Gasteiger charge is 2.30. The fourth-order valence-electron chi connectivity index (χ4n) is 5.21. The molecule has 0 aliphatic carbocycles. The van der Waals surface area contributed by atoms with Crippen LogP contribution in [0.5, 0.6) is 0 Å². The van der Waals surface area contributed by atoms with E-state index in [1.165, 1.54) is 24.3 Å². The number of guanidine groups is 1. The molecule has 5 rings (SSSR count). The van der Waals surface area contributed by atoms with Crippen LogP contribution in [-0.2, 0) is 9.59 Å². The van der Waals surface area contributed by atoms with Crippen LogP contribution in [0.15, 0.2) is 57.9 Å². The molecule has 3 aromatic rings. The lowest BCUT2D eigenvalue weighted by molar-refractivity contribution is -0.140. The minimum absolute atomic E-state index is 0.0124. The van der Waals surface area contributed by atoms with Gasteiger partial charge >= 0.3 is 5.97 Å². The Balaban J connectivity index is 1.41. The van der Waals surface area contributed by atoms with E-state index in [0.717, 1.165) is 36.8 Å². The maximum absolute atomic E-state index is 13.6. The number of carboxylic acid groups (broad SMARTS) is 1. The zero-order valence-corrected chi connectivity index (χ0v) is 22.9. The van der Waals surface area contributed by atoms with Gasteiger partial charge in [-0.3, -0.25) is 19.7 Å². The highest BCUT2D eigenvalue weighted by atomic mass is 16.4. The number of aryl methyl sites for hydroxylation is 1. The van der Waals surface area contributed by atoms with Gasteiger partial charge in [0.15, 0.2) is 0 Å². The lowest BCUT2D eigenvalue weighted by atomic mass is 10.1. The number of carbonyl (C=O) groups excluding carboxylic acids is 3. The van der Waals surface area contributed by atoms with Crippen LogP contribution < -0.4 is 10.6 Å². The molecular weight excluding hydrogens is 526 g/mol. The van der Waals surface area contributed by atoms with Crippen molar-refractivity contribution in [2.24, 2.45) is 4.99 Å². The van der Waals surface area contributed by atoms with Gasteiger partial charge in [0.2, 0.25) is 17.8 Å². The molecule has 0 radical (unpaired) electrons. The van der Waals surface area contributed by atoms with E-state index < -0.39 is 17.9 Å². The number of nitrogens with zero attached hydrogens (tertiary/aromatic N) is 3. The summed E-state index contributed by atoms with van der Waals surface area (Å²) in [6, 6.07) is 12.2. The van der Waals surface area contributed by atoms with Crippen LogP contribution in [-0.4, -0.2) is 76.8 Å². The number of rotatable bonds is 6. The van der Waals surface area contributed by atoms with Crippen LogP contribution in [0, 0.1) is 6.92 Å². The lowest BCUT2D eigenvalue weighted by Crippen LogP contribution is -2.45. The number of amides is 3. The minimum atomic E-state index is -1.15. The van der Waals surface area contributed by atoms with Crippen molar-refractivity contribution in [3.8, 4) is 0 Å². The molecule has 0 saturated carbocycles. The summed E-state index contributed by atoms with van der Waals surface area (Å²) < 4.78 is 5.65. The predicted molar refractivity (Wildman–Crippen MR) is 153 cm³/mol. The molecule has 2 aliphatic rings. The first kappa shape index (κ1) is 27.9. The van der Waals surface area contributed by atoms with Gasteiger partial charge in [-0.25, -0.2) is 9.79 Å². The molecular formula is C30H33N5O6. The van der Waals surface area contributed by atoms with Crippen molar-refractivity contribution < 1.29 is 28.7 Å². The number of nitrogens with one attached hydrogen (secondary N) is 2. The van der Waals surface area contributed by atoms with Crippen LogP contribution in [0.3, 0.4) is 0 Å². The summed E-state index contributed by atoms with van der Waals surface area (Å²) in [4.78, 5) is 59.0. The van der Waals surface area contributed by atoms with Crippen molar-refractivity contribution >= 4 is 46.3 Å². The Morgan fingerprint density at radius 1 is 1.00 bits per heavy atom. The summed E-state index contributed by atoms with van der Waals surface area (Å²) in [5, 5.41) is 16.0. The zero-order chi connectivity index (χ0) is 28.9. The van der Waals surface area contributed by atoms with E-state index in [9.17, 15) is 24.3 Å². The van der Waals surface area contributed by atoms with Gasteiger partial charge in [-0.15, -0.1) is 0 Å². The molecule has 3 amide bonds. The normalized spacial score (nSPS) is 17.9. The molecule has 2 saturated heterocycles. The SMILES string of the molecule is Cc1cc2cc(NC(=NC3CCCCN(CC(=O)N4CCCC4)C3=O)NC(=O)c3cccc(C(=O)O)c3)ccc2o1. The lowest BCUT2D eigenvalue weighted by Gasteiger charge is -2.25. The number of carbonyl (C=O) groups is 4. The number of fused-ring (bicyclic) bond motifs is 1. The molecule has 214 valence electrons. The smallest absolute Gasteiger partial charge is 0.335 e. The minimum Gasteiger partial charge on any atom is -0.478 e. The van der Waals surface area contributed by atoms with Crippen LogP contribution >= 0.6 is 0 Å². The fraction of sp³-hybridized carbons (Fsp3) is 0.367. The fourth-order valence-corrected chi connectivity index (χ4v) is 5.21. The van der Waals surface area contributed by atoms with Gasteiger partial charge in [0.1, 0.15) is 17.4 Å². The average Bonchev–Trinajstić information content (AvgIpc) is 3.59. The molecule has 3 N–H and O–H groups in total. The van der Waals surface area contributed by atoms with Crippen LogP contribution in [0.1, 0.15) is 58.6 Å². The van der Waals surface area contributed by atoms with Crippen molar-refractivity contribution in [2.75, 3.05) is 31.5 Å². The topological polar surface area (TPSA) is 145 Å². The first-order valence-electron chi connectivity index (χ1n) is 13.8. The summed E-state index contributed by atoms with van der Waals surface area (Å²) in [5.74, 6) is -1.26. The molecule has 1 unspecified atom stereocenters. The number of hydrogen-bond acceptors (Lipinski definition) is 6. The molecule has 0 bridgehead atoms. The van der Waals surface area contributed by atoms with Gasteiger partial charge in [-0.05, 0) is 81.5 Å². The quantitative estimate of drug-likeness (QED) is 0.309. The van der Waals surface area contributed by atoms with Gasteiger partial charge in [-0.1, -0.05) is 6.07 Å². The standard InChI is InChI=1S/C30H33N5O6/c1-19-15-22-17-23(10-11-25(22)41-19)31-30(33-27(37)20-7-6-8-21(16-20)29(39)40)32-24-9-2-3-14-35(28(24)38)18-26(36)34-12-4-5-13-34/h6-8,10-11,15-17,24H,2-5,9,12-14,18H2,1H3,(H,39,40)(H2,31,32,33,37). The Morgan fingerprint density at radius 3 is 2.54 bits per heavy atom. The Labute approximate surface area is 237 Å². The van der Waals surface area contributed by atoms with E-state index in [2.05, 4.69) is 15.6 Å². The maximum Gasteiger partial charge on any atom is 0.335 e. The number of benzene rings is 2. The third kappa shape index (κ3) is 6.74. The van der Waals surface area contributed by atoms with Crippen molar-refractivity contribution in [3.05, 3.63) is 65.4 Å². The van der Waals surface area contributed by atoms with E-state index in [0.29, 0.717) is 37.3 Å². The predicted octanol–water partition coefficient (Wildman–Crippen LogP) is 3.64. The van der Waals surface area contributed by atoms with Crippen molar-refractivity contribution in [3.63, 3.8) is 0 Å². The molecule has 1 atom stereocenters. The maximum atomic E-state index is 13.6. The Kier molecular flexibility index (Phi) is 8.32. The molecule has 1 aromatic heterocycles. The number of furan rings is 1. The van der Waals surface area contributed by atoms with Gasteiger partial charge in [0.05, 0.1) is 12.1 Å². The Morgan fingerprint density at radius 2 is 1.76 bits per heavy atom. The average molecular weight is 560 g/mol. The number of likely N-dealkylation sites (tertiary alicyclic amines) is 2. The first-order valence-corrected chi connectivity index (χ1v) is 13.8. The zero-order valence-electron chi connectivity index (χ0n) is 22.9. The molecule has 3 heterocycles. The van der Waals surface area contributed by atoms with Crippen LogP contribution in [0.2, 0.25) is 0 Å². The third-order valence-electron chi connectivity index (χ3n) is 7.33. The van der Waals surface area contributed by atoms with Crippen molar-refractivity contribution in [1.29, 1.82) is 0 Å². The van der Waals surface area contributed by atoms with Gasteiger partial charge in [0.25, 0.3) is 5.91 Å². The van der Waals surface area contributed by atoms with Gasteiger partial charge < -0.3 is 24.6 Å². The summed E-state index contributed by atoms with van der Waals surface area (Å²) in [6.45, 7) is 3.76. The van der Waals surface area contributed by atoms with E-state index in [1.807, 2.05) is 19.1 Å². The van der Waals surface area contributed by atoms with Crippen LogP contribution in [0.25, 0.3) is 11.0 Å². The number of aromatic carboxylic acids is 1. The first-order chi connectivity index (χ1) is 19.8. The van der Waals surface area contributed by atoms with Crippen LogP contribution in [0.4, 0.5) is 5.69 Å². The largest absolute Gasteiger partial charge is 0.478 e. The number of hydrogen-bond donors (Lipinski definition) is 3. The Hall–Kier alpha value is -4.67. The summed E-state index contributed by atoms with van der Waals surface area (Å²) in [6.07, 6.45) is 3.89. The second-order valence-corrected chi connectivity index (χ2v) is 10.4. The summed E-state index contributed by atoms with van der Waals surface area (Å²) >= 11 is 0. The van der Waals surface area contributed by atoms with E-state index in [1.54, 1.807) is 21.9 Å². The van der Waals surface area contributed by atoms with E-state index in [-0.39, 0.29) is 35.4 Å². The molecule has 11 nitrogen and oxygen atoms in total. The van der Waals surface area contributed by atoms with E-state index in [4.69, 9.17) is 4.42 Å². The van der Waals surface area contributed by atoms with Gasteiger partial charge in [-0.2, -0.15) is 0 Å². The Bertz CT molecular complexity index is 1510. The highest BCUT2D eigenvalue weighted by Crippen LogP contribution is 2.23. The molecule has 41 heavy (non-hydrogen) atoms. The number of aliphatic imine (C=N–C) groups is 1. The van der Waals surface area contributed by atoms with Crippen molar-refractivity contribution in [1.82, 2.24) is 15.1 Å². The van der Waals surface area contributed by atoms with Crippen molar-refractivity contribution in [2.45, 2.75) is 45.1 Å².